The highest BCUT2D eigenvalue weighted by Gasteiger charge is 2.33. The van der Waals surface area contributed by atoms with Crippen molar-refractivity contribution in [3.8, 4) is 0 Å². The number of hydrogen-bond acceptors (Lipinski definition) is 3. The van der Waals surface area contributed by atoms with E-state index >= 15 is 0 Å². The minimum Gasteiger partial charge on any atom is -0.328 e. The van der Waals surface area contributed by atoms with Crippen LogP contribution in [0.5, 0.6) is 0 Å². The van der Waals surface area contributed by atoms with Gasteiger partial charge in [-0.05, 0) is 44.0 Å². The number of sulfonamides is 1. The van der Waals surface area contributed by atoms with Crippen LogP contribution in [0.15, 0.2) is 29.2 Å². The SMILES string of the molecule is CC1CC(N)CCN1S(=O)(=O)c1ccc(F)cc1. The van der Waals surface area contributed by atoms with E-state index < -0.39 is 15.8 Å². The molecule has 1 aliphatic rings. The van der Waals surface area contributed by atoms with Crippen molar-refractivity contribution < 1.29 is 12.8 Å². The summed E-state index contributed by atoms with van der Waals surface area (Å²) in [7, 11) is -3.54. The largest absolute Gasteiger partial charge is 0.328 e. The second-order valence-electron chi connectivity index (χ2n) is 4.70. The molecule has 1 aliphatic heterocycles. The lowest BCUT2D eigenvalue weighted by Crippen LogP contribution is -2.48. The zero-order valence-electron chi connectivity index (χ0n) is 10.2. The Morgan fingerprint density at radius 3 is 2.50 bits per heavy atom. The van der Waals surface area contributed by atoms with Gasteiger partial charge in [0.1, 0.15) is 5.82 Å². The van der Waals surface area contributed by atoms with Crippen molar-refractivity contribution in [3.63, 3.8) is 0 Å². The predicted octanol–water partition coefficient (Wildman–Crippen LogP) is 1.33. The van der Waals surface area contributed by atoms with Crippen molar-refractivity contribution in [2.45, 2.75) is 36.7 Å². The van der Waals surface area contributed by atoms with E-state index in [9.17, 15) is 12.8 Å². The smallest absolute Gasteiger partial charge is 0.243 e. The highest BCUT2D eigenvalue weighted by molar-refractivity contribution is 7.89. The van der Waals surface area contributed by atoms with Gasteiger partial charge in [0.25, 0.3) is 0 Å². The summed E-state index contributed by atoms with van der Waals surface area (Å²) in [5.41, 5.74) is 5.82. The predicted molar refractivity (Wildman–Crippen MR) is 67.0 cm³/mol. The van der Waals surface area contributed by atoms with Gasteiger partial charge in [-0.3, -0.25) is 0 Å². The number of benzene rings is 1. The number of rotatable bonds is 2. The summed E-state index contributed by atoms with van der Waals surface area (Å²) in [5, 5.41) is 0. The Morgan fingerprint density at radius 2 is 1.94 bits per heavy atom. The highest BCUT2D eigenvalue weighted by Crippen LogP contribution is 2.24. The van der Waals surface area contributed by atoms with E-state index in [2.05, 4.69) is 0 Å². The number of hydrogen-bond donors (Lipinski definition) is 1. The molecular weight excluding hydrogens is 255 g/mol. The highest BCUT2D eigenvalue weighted by atomic mass is 32.2. The first-order chi connectivity index (χ1) is 8.41. The lowest BCUT2D eigenvalue weighted by atomic mass is 10.0. The summed E-state index contributed by atoms with van der Waals surface area (Å²) in [5.74, 6) is -0.442. The molecule has 4 nitrogen and oxygen atoms in total. The molecule has 6 heteroatoms. The second-order valence-corrected chi connectivity index (χ2v) is 6.59. The van der Waals surface area contributed by atoms with Gasteiger partial charge in [-0.25, -0.2) is 12.8 Å². The first kappa shape index (κ1) is 13.5. The van der Waals surface area contributed by atoms with Crippen LogP contribution in [0.2, 0.25) is 0 Å². The molecule has 0 aliphatic carbocycles. The summed E-state index contributed by atoms with van der Waals surface area (Å²) >= 11 is 0. The van der Waals surface area contributed by atoms with E-state index in [0.29, 0.717) is 19.4 Å². The van der Waals surface area contributed by atoms with Crippen molar-refractivity contribution in [2.24, 2.45) is 5.73 Å². The number of nitrogens with two attached hydrogens (primary N) is 1. The topological polar surface area (TPSA) is 63.4 Å². The van der Waals surface area contributed by atoms with E-state index in [1.807, 2.05) is 6.92 Å². The van der Waals surface area contributed by atoms with Crippen molar-refractivity contribution in [1.29, 1.82) is 0 Å². The molecule has 2 rings (SSSR count). The van der Waals surface area contributed by atoms with Gasteiger partial charge in [0, 0.05) is 18.6 Å². The van der Waals surface area contributed by atoms with E-state index in [1.165, 1.54) is 16.4 Å². The Labute approximate surface area is 107 Å². The molecule has 100 valence electrons. The molecule has 0 saturated carbocycles. The zero-order chi connectivity index (χ0) is 13.3. The fraction of sp³-hybridized carbons (Fsp3) is 0.500. The van der Waals surface area contributed by atoms with Gasteiger partial charge in [0.2, 0.25) is 10.0 Å². The Hall–Kier alpha value is -0.980. The molecule has 0 aromatic heterocycles. The van der Waals surface area contributed by atoms with Crippen LogP contribution in [0.3, 0.4) is 0 Å². The monoisotopic (exact) mass is 272 g/mol. The van der Waals surface area contributed by atoms with E-state index in [4.69, 9.17) is 5.73 Å². The number of nitrogens with zero attached hydrogens (tertiary/aromatic N) is 1. The van der Waals surface area contributed by atoms with Crippen LogP contribution in [0.1, 0.15) is 19.8 Å². The van der Waals surface area contributed by atoms with Gasteiger partial charge in [-0.15, -0.1) is 0 Å². The molecule has 1 fully saturated rings. The molecule has 1 heterocycles. The Balaban J connectivity index is 2.28. The molecule has 1 aromatic carbocycles. The van der Waals surface area contributed by atoms with Crippen LogP contribution >= 0.6 is 0 Å². The van der Waals surface area contributed by atoms with Crippen molar-refractivity contribution in [3.05, 3.63) is 30.1 Å². The summed E-state index contributed by atoms with van der Waals surface area (Å²) in [4.78, 5) is 0.131. The van der Waals surface area contributed by atoms with Gasteiger partial charge < -0.3 is 5.73 Å². The van der Waals surface area contributed by atoms with Gasteiger partial charge in [0.05, 0.1) is 4.90 Å². The molecule has 1 saturated heterocycles. The lowest BCUT2D eigenvalue weighted by Gasteiger charge is -2.35. The fourth-order valence-corrected chi connectivity index (χ4v) is 3.94. The maximum Gasteiger partial charge on any atom is 0.243 e. The Kier molecular flexibility index (Phi) is 3.70. The molecule has 2 atom stereocenters. The summed E-state index contributed by atoms with van der Waals surface area (Å²) in [6.07, 6.45) is 1.31. The van der Waals surface area contributed by atoms with Gasteiger partial charge in [-0.2, -0.15) is 4.31 Å². The van der Waals surface area contributed by atoms with Crippen molar-refractivity contribution in [2.75, 3.05) is 6.54 Å². The maximum atomic E-state index is 12.8. The van der Waals surface area contributed by atoms with Crippen LogP contribution < -0.4 is 5.73 Å². The van der Waals surface area contributed by atoms with Crippen LogP contribution in [-0.4, -0.2) is 31.4 Å². The van der Waals surface area contributed by atoms with Crippen LogP contribution in [0.4, 0.5) is 4.39 Å². The number of piperidine rings is 1. The molecule has 1 aromatic rings. The lowest BCUT2D eigenvalue weighted by molar-refractivity contribution is 0.247. The Morgan fingerprint density at radius 1 is 1.33 bits per heavy atom. The Bertz CT molecular complexity index is 515. The van der Waals surface area contributed by atoms with Crippen molar-refractivity contribution >= 4 is 10.0 Å². The summed E-state index contributed by atoms with van der Waals surface area (Å²) in [6.45, 7) is 2.27. The average Bonchev–Trinajstić information content (AvgIpc) is 2.29. The third kappa shape index (κ3) is 2.55. The van der Waals surface area contributed by atoms with E-state index in [-0.39, 0.29) is 17.0 Å². The zero-order valence-corrected chi connectivity index (χ0v) is 11.0. The molecule has 0 radical (unpaired) electrons. The molecule has 0 spiro atoms. The summed E-state index contributed by atoms with van der Waals surface area (Å²) < 4.78 is 39.0. The van der Waals surface area contributed by atoms with Gasteiger partial charge >= 0.3 is 0 Å². The van der Waals surface area contributed by atoms with E-state index in [1.54, 1.807) is 0 Å². The number of halogens is 1. The normalized spacial score (nSPS) is 26.2. The van der Waals surface area contributed by atoms with Crippen LogP contribution in [-0.2, 0) is 10.0 Å². The molecule has 2 N–H and O–H groups in total. The first-order valence-electron chi connectivity index (χ1n) is 5.94. The molecule has 0 bridgehead atoms. The quantitative estimate of drug-likeness (QED) is 0.883. The third-order valence-corrected chi connectivity index (χ3v) is 5.30. The van der Waals surface area contributed by atoms with Crippen LogP contribution in [0.25, 0.3) is 0 Å². The fourth-order valence-electron chi connectivity index (χ4n) is 2.29. The molecule has 18 heavy (non-hydrogen) atoms. The second kappa shape index (κ2) is 4.95. The molecule has 0 amide bonds. The van der Waals surface area contributed by atoms with Crippen LogP contribution in [0, 0.1) is 5.82 Å². The first-order valence-corrected chi connectivity index (χ1v) is 7.38. The maximum absolute atomic E-state index is 12.8. The van der Waals surface area contributed by atoms with Gasteiger partial charge in [0.15, 0.2) is 0 Å². The summed E-state index contributed by atoms with van der Waals surface area (Å²) in [6, 6.07) is 4.85. The third-order valence-electron chi connectivity index (χ3n) is 3.28. The molecular formula is C12H17FN2O2S. The van der Waals surface area contributed by atoms with E-state index in [0.717, 1.165) is 12.1 Å². The average molecular weight is 272 g/mol. The minimum atomic E-state index is -3.54. The molecule has 2 unspecified atom stereocenters. The van der Waals surface area contributed by atoms with Crippen molar-refractivity contribution in [1.82, 2.24) is 4.31 Å². The minimum absolute atomic E-state index is 0.0552. The standard InChI is InChI=1S/C12H17FN2O2S/c1-9-8-11(14)6-7-15(9)18(16,17)12-4-2-10(13)3-5-12/h2-5,9,11H,6-8,14H2,1H3. The van der Waals surface area contributed by atoms with Gasteiger partial charge in [-0.1, -0.05) is 0 Å².